The molecule has 0 fully saturated rings. The number of alkyl halides is 3. The standard InChI is InChI=1S/C6H9F3N2O3/c7-6(8,9)1-4(12)11-2-3(10)5(13)14/h3H,1-2,10H2,(H,11,12)(H,13,14). The summed E-state index contributed by atoms with van der Waals surface area (Å²) in [5, 5.41) is 9.98. The lowest BCUT2D eigenvalue weighted by Crippen LogP contribution is -2.43. The van der Waals surface area contributed by atoms with Crippen molar-refractivity contribution in [1.29, 1.82) is 0 Å². The molecular weight excluding hydrogens is 205 g/mol. The van der Waals surface area contributed by atoms with E-state index in [9.17, 15) is 22.8 Å². The number of aliphatic carboxylic acids is 1. The highest BCUT2D eigenvalue weighted by Gasteiger charge is 2.31. The quantitative estimate of drug-likeness (QED) is 0.586. The molecule has 0 aromatic carbocycles. The molecule has 0 saturated heterocycles. The van der Waals surface area contributed by atoms with Crippen molar-refractivity contribution in [3.05, 3.63) is 0 Å². The zero-order valence-corrected chi connectivity index (χ0v) is 6.97. The summed E-state index contributed by atoms with van der Waals surface area (Å²) in [4.78, 5) is 20.6. The number of carboxylic acid groups (broad SMARTS) is 1. The summed E-state index contributed by atoms with van der Waals surface area (Å²) in [5.74, 6) is -2.69. The summed E-state index contributed by atoms with van der Waals surface area (Å²) in [6.45, 7) is -0.524. The minimum absolute atomic E-state index is 0.524. The van der Waals surface area contributed by atoms with Crippen molar-refractivity contribution in [3.63, 3.8) is 0 Å². The highest BCUT2D eigenvalue weighted by molar-refractivity contribution is 5.78. The number of carbonyl (C=O) groups excluding carboxylic acids is 1. The van der Waals surface area contributed by atoms with Crippen LogP contribution in [0.4, 0.5) is 13.2 Å². The van der Waals surface area contributed by atoms with Gasteiger partial charge in [0.15, 0.2) is 0 Å². The third-order valence-corrected chi connectivity index (χ3v) is 1.20. The lowest BCUT2D eigenvalue weighted by molar-refractivity contribution is -0.153. The first-order chi connectivity index (χ1) is 6.22. The third kappa shape index (κ3) is 6.23. The van der Waals surface area contributed by atoms with E-state index in [-0.39, 0.29) is 0 Å². The third-order valence-electron chi connectivity index (χ3n) is 1.20. The number of amides is 1. The van der Waals surface area contributed by atoms with Gasteiger partial charge in [-0.2, -0.15) is 13.2 Å². The fourth-order valence-electron chi connectivity index (χ4n) is 0.556. The molecule has 8 heteroatoms. The second kappa shape index (κ2) is 4.80. The Morgan fingerprint density at radius 3 is 2.29 bits per heavy atom. The van der Waals surface area contributed by atoms with Gasteiger partial charge in [-0.3, -0.25) is 9.59 Å². The zero-order chi connectivity index (χ0) is 11.4. The molecule has 0 aromatic rings. The number of nitrogens with one attached hydrogen (secondary N) is 1. The van der Waals surface area contributed by atoms with Crippen LogP contribution < -0.4 is 11.1 Å². The van der Waals surface area contributed by atoms with Gasteiger partial charge in [0.2, 0.25) is 5.91 Å². The lowest BCUT2D eigenvalue weighted by atomic mass is 10.3. The number of carboxylic acids is 1. The Morgan fingerprint density at radius 1 is 1.43 bits per heavy atom. The molecule has 0 aromatic heterocycles. The topological polar surface area (TPSA) is 92.4 Å². The first-order valence-electron chi connectivity index (χ1n) is 3.54. The Morgan fingerprint density at radius 2 is 1.93 bits per heavy atom. The van der Waals surface area contributed by atoms with Crippen LogP contribution in [0.5, 0.6) is 0 Å². The second-order valence-electron chi connectivity index (χ2n) is 2.54. The minimum Gasteiger partial charge on any atom is -0.480 e. The van der Waals surface area contributed by atoms with Crippen LogP contribution in [-0.4, -0.2) is 35.7 Å². The van der Waals surface area contributed by atoms with E-state index in [1.54, 1.807) is 5.32 Å². The molecule has 82 valence electrons. The molecular formula is C6H9F3N2O3. The van der Waals surface area contributed by atoms with Crippen molar-refractivity contribution in [3.8, 4) is 0 Å². The number of nitrogens with two attached hydrogens (primary N) is 1. The molecule has 0 saturated carbocycles. The van der Waals surface area contributed by atoms with E-state index < -0.39 is 37.1 Å². The summed E-state index contributed by atoms with van der Waals surface area (Å²) in [5.41, 5.74) is 4.93. The van der Waals surface area contributed by atoms with Gasteiger partial charge in [0.25, 0.3) is 0 Å². The molecule has 4 N–H and O–H groups in total. The Hall–Kier alpha value is -1.31. The van der Waals surface area contributed by atoms with Crippen molar-refractivity contribution in [1.82, 2.24) is 5.32 Å². The van der Waals surface area contributed by atoms with Crippen molar-refractivity contribution < 1.29 is 27.9 Å². The molecule has 0 spiro atoms. The first kappa shape index (κ1) is 12.7. The van der Waals surface area contributed by atoms with E-state index in [2.05, 4.69) is 0 Å². The average Bonchev–Trinajstić information content (AvgIpc) is 1.96. The van der Waals surface area contributed by atoms with E-state index in [0.29, 0.717) is 0 Å². The molecule has 0 heterocycles. The van der Waals surface area contributed by atoms with Crippen LogP contribution in [0.2, 0.25) is 0 Å². The van der Waals surface area contributed by atoms with Crippen LogP contribution in [-0.2, 0) is 9.59 Å². The van der Waals surface area contributed by atoms with Gasteiger partial charge in [-0.1, -0.05) is 0 Å². The molecule has 14 heavy (non-hydrogen) atoms. The van der Waals surface area contributed by atoms with Gasteiger partial charge < -0.3 is 16.2 Å². The van der Waals surface area contributed by atoms with Gasteiger partial charge >= 0.3 is 12.1 Å². The largest absolute Gasteiger partial charge is 0.480 e. The second-order valence-corrected chi connectivity index (χ2v) is 2.54. The number of rotatable bonds is 4. The van der Waals surface area contributed by atoms with Crippen molar-refractivity contribution in [2.45, 2.75) is 18.6 Å². The van der Waals surface area contributed by atoms with Crippen molar-refractivity contribution >= 4 is 11.9 Å². The van der Waals surface area contributed by atoms with E-state index >= 15 is 0 Å². The number of hydrogen-bond donors (Lipinski definition) is 3. The maximum Gasteiger partial charge on any atom is 0.397 e. The molecule has 0 aliphatic carbocycles. The smallest absolute Gasteiger partial charge is 0.397 e. The Kier molecular flexibility index (Phi) is 4.35. The van der Waals surface area contributed by atoms with Gasteiger partial charge in [0.05, 0.1) is 0 Å². The predicted octanol–water partition coefficient (Wildman–Crippen LogP) is -0.533. The fraction of sp³-hybridized carbons (Fsp3) is 0.667. The van der Waals surface area contributed by atoms with Crippen LogP contribution in [0.1, 0.15) is 6.42 Å². The van der Waals surface area contributed by atoms with Crippen molar-refractivity contribution in [2.24, 2.45) is 5.73 Å². The summed E-state index contributed by atoms with van der Waals surface area (Å²) in [6, 6.07) is -1.40. The maximum atomic E-state index is 11.6. The van der Waals surface area contributed by atoms with Gasteiger partial charge in [-0.25, -0.2) is 0 Å². The minimum atomic E-state index is -4.60. The van der Waals surface area contributed by atoms with Gasteiger partial charge in [-0.15, -0.1) is 0 Å². The average molecular weight is 214 g/mol. The highest BCUT2D eigenvalue weighted by atomic mass is 19.4. The summed E-state index contributed by atoms with van der Waals surface area (Å²) in [6.07, 6.45) is -6.24. The normalized spacial score (nSPS) is 13.4. The number of carbonyl (C=O) groups is 2. The first-order valence-corrected chi connectivity index (χ1v) is 3.54. The fourth-order valence-corrected chi connectivity index (χ4v) is 0.556. The van der Waals surface area contributed by atoms with E-state index in [4.69, 9.17) is 10.8 Å². The molecule has 1 atom stereocenters. The number of halogens is 3. The van der Waals surface area contributed by atoms with Crippen LogP contribution in [0.25, 0.3) is 0 Å². The zero-order valence-electron chi connectivity index (χ0n) is 6.97. The molecule has 0 rings (SSSR count). The van der Waals surface area contributed by atoms with Gasteiger partial charge in [0, 0.05) is 6.54 Å². The maximum absolute atomic E-state index is 11.6. The molecule has 1 amide bonds. The summed E-state index contributed by atoms with van der Waals surface area (Å²) < 4.78 is 34.7. The van der Waals surface area contributed by atoms with E-state index in [1.165, 1.54) is 0 Å². The Labute approximate surface area is 77.1 Å². The van der Waals surface area contributed by atoms with Crippen LogP contribution in [0, 0.1) is 0 Å². The molecule has 1 unspecified atom stereocenters. The van der Waals surface area contributed by atoms with Gasteiger partial charge in [0.1, 0.15) is 12.5 Å². The van der Waals surface area contributed by atoms with Crippen molar-refractivity contribution in [2.75, 3.05) is 6.54 Å². The molecule has 0 radical (unpaired) electrons. The molecule has 0 aliphatic heterocycles. The molecule has 0 aliphatic rings. The highest BCUT2D eigenvalue weighted by Crippen LogP contribution is 2.18. The van der Waals surface area contributed by atoms with E-state index in [1.807, 2.05) is 0 Å². The molecule has 5 nitrogen and oxygen atoms in total. The van der Waals surface area contributed by atoms with E-state index in [0.717, 1.165) is 0 Å². The Bertz CT molecular complexity index is 229. The summed E-state index contributed by atoms with van der Waals surface area (Å²) in [7, 11) is 0. The number of hydrogen-bond acceptors (Lipinski definition) is 3. The predicted molar refractivity (Wildman–Crippen MR) is 39.3 cm³/mol. The van der Waals surface area contributed by atoms with Crippen LogP contribution in [0.15, 0.2) is 0 Å². The van der Waals surface area contributed by atoms with Crippen LogP contribution >= 0.6 is 0 Å². The van der Waals surface area contributed by atoms with Crippen LogP contribution in [0.3, 0.4) is 0 Å². The summed E-state index contributed by atoms with van der Waals surface area (Å²) >= 11 is 0. The lowest BCUT2D eigenvalue weighted by Gasteiger charge is -2.09. The SMILES string of the molecule is NC(CNC(=O)CC(F)(F)F)C(=O)O. The molecule has 0 bridgehead atoms. The van der Waals surface area contributed by atoms with Gasteiger partial charge in [-0.05, 0) is 0 Å². The Balaban J connectivity index is 3.81. The monoisotopic (exact) mass is 214 g/mol.